The molecule has 1 aromatic carbocycles. The highest BCUT2D eigenvalue weighted by Crippen LogP contribution is 2.24. The van der Waals surface area contributed by atoms with Crippen molar-refractivity contribution in [1.82, 2.24) is 5.32 Å². The fraction of sp³-hybridized carbons (Fsp3) is 0.562. The van der Waals surface area contributed by atoms with Crippen molar-refractivity contribution in [3.63, 3.8) is 0 Å². The van der Waals surface area contributed by atoms with Crippen molar-refractivity contribution >= 4 is 11.7 Å². The molecule has 1 saturated carbocycles. The predicted octanol–water partition coefficient (Wildman–Crippen LogP) is 4.01. The number of anilines is 1. The zero-order valence-electron chi connectivity index (χ0n) is 13.0. The lowest BCUT2D eigenvalue weighted by Gasteiger charge is -2.30. The third-order valence-corrected chi connectivity index (χ3v) is 3.75. The lowest BCUT2D eigenvalue weighted by Crippen LogP contribution is -2.43. The smallest absolute Gasteiger partial charge is 0.369 e. The van der Waals surface area contributed by atoms with E-state index >= 15 is 0 Å². The third-order valence-electron chi connectivity index (χ3n) is 3.75. The summed E-state index contributed by atoms with van der Waals surface area (Å²) in [6.45, 7) is 0.715. The van der Waals surface area contributed by atoms with Crippen LogP contribution in [0.15, 0.2) is 24.3 Å². The summed E-state index contributed by atoms with van der Waals surface area (Å²) >= 11 is 0. The van der Waals surface area contributed by atoms with E-state index in [1.807, 2.05) is 19.1 Å². The molecule has 0 unspecified atom stereocenters. The first-order valence-corrected chi connectivity index (χ1v) is 7.64. The van der Waals surface area contributed by atoms with Gasteiger partial charge in [0.05, 0.1) is 6.10 Å². The number of alkyl halides is 3. The van der Waals surface area contributed by atoms with Gasteiger partial charge in [-0.2, -0.15) is 13.2 Å². The van der Waals surface area contributed by atoms with Crippen molar-refractivity contribution in [3.05, 3.63) is 29.8 Å². The van der Waals surface area contributed by atoms with Crippen molar-refractivity contribution in [1.29, 1.82) is 0 Å². The average Bonchev–Trinajstić information content (AvgIpc) is 2.47. The number of hydrogen-bond acceptors (Lipinski definition) is 2. The van der Waals surface area contributed by atoms with Crippen LogP contribution in [-0.2, 0) is 4.74 Å². The van der Waals surface area contributed by atoms with Crippen molar-refractivity contribution in [2.45, 2.75) is 50.9 Å². The van der Waals surface area contributed by atoms with Gasteiger partial charge in [-0.1, -0.05) is 17.7 Å². The fourth-order valence-electron chi connectivity index (χ4n) is 2.63. The molecule has 0 aliphatic heterocycles. The van der Waals surface area contributed by atoms with Gasteiger partial charge in [0.15, 0.2) is 0 Å². The van der Waals surface area contributed by atoms with Crippen LogP contribution >= 0.6 is 0 Å². The molecule has 0 spiro atoms. The molecule has 2 N–H and O–H groups in total. The molecule has 0 saturated heterocycles. The zero-order valence-corrected chi connectivity index (χ0v) is 13.0. The number of nitrogens with one attached hydrogen (secondary N) is 2. The van der Waals surface area contributed by atoms with Gasteiger partial charge in [-0.05, 0) is 44.7 Å². The van der Waals surface area contributed by atoms with Gasteiger partial charge in [0.2, 0.25) is 0 Å². The molecule has 0 aromatic heterocycles. The van der Waals surface area contributed by atoms with Gasteiger partial charge in [0.1, 0.15) is 6.61 Å². The Morgan fingerprint density at radius 1 is 1.26 bits per heavy atom. The highest BCUT2D eigenvalue weighted by atomic mass is 19.4. The van der Waals surface area contributed by atoms with Crippen molar-refractivity contribution in [3.8, 4) is 0 Å². The van der Waals surface area contributed by atoms with Gasteiger partial charge in [0.25, 0.3) is 0 Å². The number of benzene rings is 1. The van der Waals surface area contributed by atoms with Gasteiger partial charge in [0, 0.05) is 11.7 Å². The molecule has 0 radical (unpaired) electrons. The van der Waals surface area contributed by atoms with E-state index in [4.69, 9.17) is 4.74 Å². The van der Waals surface area contributed by atoms with Crippen LogP contribution in [-0.4, -0.2) is 31.0 Å². The summed E-state index contributed by atoms with van der Waals surface area (Å²) in [5.41, 5.74) is 1.77. The summed E-state index contributed by atoms with van der Waals surface area (Å²) in [6.07, 6.45) is -2.31. The van der Waals surface area contributed by atoms with Gasteiger partial charge in [-0.15, -0.1) is 0 Å². The zero-order chi connectivity index (χ0) is 16.9. The van der Waals surface area contributed by atoms with Crippen LogP contribution in [0, 0.1) is 6.92 Å². The largest absolute Gasteiger partial charge is 0.411 e. The second kappa shape index (κ2) is 7.68. The molecule has 7 heteroatoms. The predicted molar refractivity (Wildman–Crippen MR) is 81.4 cm³/mol. The van der Waals surface area contributed by atoms with E-state index in [0.29, 0.717) is 18.5 Å². The topological polar surface area (TPSA) is 50.4 Å². The average molecular weight is 330 g/mol. The maximum Gasteiger partial charge on any atom is 0.411 e. The number of ether oxygens (including phenoxy) is 1. The normalized spacial score (nSPS) is 21.7. The first-order chi connectivity index (χ1) is 10.8. The van der Waals surface area contributed by atoms with Crippen molar-refractivity contribution in [2.75, 3.05) is 11.9 Å². The highest BCUT2D eigenvalue weighted by molar-refractivity contribution is 5.89. The number of carbonyl (C=O) groups excluding carboxylic acids is 1. The number of aryl methyl sites for hydroxylation is 1. The van der Waals surface area contributed by atoms with Crippen LogP contribution in [0.1, 0.15) is 31.2 Å². The molecule has 23 heavy (non-hydrogen) atoms. The third kappa shape index (κ3) is 6.48. The van der Waals surface area contributed by atoms with Crippen molar-refractivity contribution < 1.29 is 22.7 Å². The maximum absolute atomic E-state index is 12.2. The van der Waals surface area contributed by atoms with Gasteiger partial charge >= 0.3 is 12.2 Å². The van der Waals surface area contributed by atoms with E-state index in [9.17, 15) is 18.0 Å². The van der Waals surface area contributed by atoms with E-state index in [1.54, 1.807) is 12.1 Å². The Labute approximate surface area is 133 Å². The molecule has 1 fully saturated rings. The molecular weight excluding hydrogens is 309 g/mol. The monoisotopic (exact) mass is 330 g/mol. The van der Waals surface area contributed by atoms with E-state index in [-0.39, 0.29) is 12.1 Å². The first kappa shape index (κ1) is 17.6. The van der Waals surface area contributed by atoms with E-state index in [2.05, 4.69) is 10.6 Å². The van der Waals surface area contributed by atoms with Gasteiger partial charge in [-0.3, -0.25) is 0 Å². The Balaban J connectivity index is 1.77. The van der Waals surface area contributed by atoms with E-state index < -0.39 is 18.9 Å². The minimum absolute atomic E-state index is 0.174. The van der Waals surface area contributed by atoms with Crippen LogP contribution in [0.5, 0.6) is 0 Å². The van der Waals surface area contributed by atoms with Crippen molar-refractivity contribution in [2.24, 2.45) is 0 Å². The molecule has 1 aliphatic carbocycles. The summed E-state index contributed by atoms with van der Waals surface area (Å²) in [5.74, 6) is 0. The number of amides is 2. The van der Waals surface area contributed by atoms with Gasteiger partial charge < -0.3 is 15.4 Å². The molecule has 2 amide bonds. The molecule has 4 nitrogen and oxygen atoms in total. The summed E-state index contributed by atoms with van der Waals surface area (Å²) in [4.78, 5) is 11.9. The summed E-state index contributed by atoms with van der Waals surface area (Å²) in [6, 6.07) is 6.84. The molecule has 0 bridgehead atoms. The second-order valence-corrected chi connectivity index (χ2v) is 5.88. The minimum Gasteiger partial charge on any atom is -0.369 e. The Bertz CT molecular complexity index is 517. The molecule has 2 atom stereocenters. The highest BCUT2D eigenvalue weighted by Gasteiger charge is 2.31. The Morgan fingerprint density at radius 3 is 2.61 bits per heavy atom. The molecular formula is C16H21F3N2O2. The Kier molecular flexibility index (Phi) is 5.87. The molecule has 1 aliphatic rings. The lowest BCUT2D eigenvalue weighted by atomic mass is 9.93. The SMILES string of the molecule is Cc1ccc(NC(=O)N[C@H]2CCC[C@H](OCC(F)(F)F)C2)cc1. The number of rotatable bonds is 4. The minimum atomic E-state index is -4.32. The van der Waals surface area contributed by atoms with Crippen LogP contribution in [0.3, 0.4) is 0 Å². The molecule has 128 valence electrons. The Hall–Kier alpha value is -1.76. The quantitative estimate of drug-likeness (QED) is 0.876. The van der Waals surface area contributed by atoms with Crippen LogP contribution in [0.4, 0.5) is 23.7 Å². The number of halogens is 3. The van der Waals surface area contributed by atoms with Gasteiger partial charge in [-0.25, -0.2) is 4.79 Å². The second-order valence-electron chi connectivity index (χ2n) is 5.88. The number of hydrogen-bond donors (Lipinski definition) is 2. The van der Waals surface area contributed by atoms with E-state index in [0.717, 1.165) is 18.4 Å². The maximum atomic E-state index is 12.2. The Morgan fingerprint density at radius 2 is 1.96 bits per heavy atom. The van der Waals surface area contributed by atoms with Crippen LogP contribution in [0.2, 0.25) is 0 Å². The summed E-state index contributed by atoms with van der Waals surface area (Å²) < 4.78 is 41.4. The molecule has 0 heterocycles. The first-order valence-electron chi connectivity index (χ1n) is 7.64. The molecule has 2 rings (SSSR count). The summed E-state index contributed by atoms with van der Waals surface area (Å²) in [5, 5.41) is 5.51. The fourth-order valence-corrected chi connectivity index (χ4v) is 2.63. The summed E-state index contributed by atoms with van der Waals surface area (Å²) in [7, 11) is 0. The number of carbonyl (C=O) groups is 1. The van der Waals surface area contributed by atoms with E-state index in [1.165, 1.54) is 0 Å². The van der Waals surface area contributed by atoms with Crippen LogP contribution in [0.25, 0.3) is 0 Å². The lowest BCUT2D eigenvalue weighted by molar-refractivity contribution is -0.188. The van der Waals surface area contributed by atoms with Crippen LogP contribution < -0.4 is 10.6 Å². The molecule has 1 aromatic rings. The standard InChI is InChI=1S/C16H21F3N2O2/c1-11-5-7-12(8-6-11)20-15(22)21-13-3-2-4-14(9-13)23-10-16(17,18)19/h5-8,13-14H,2-4,9-10H2,1H3,(H2,20,21,22)/t13-,14-/m0/s1. The number of urea groups is 1.